The molecular weight excluding hydrogens is 322 g/mol. The summed E-state index contributed by atoms with van der Waals surface area (Å²) in [6.07, 6.45) is 1.88. The number of aliphatic hydroxyl groups excluding tert-OH is 1. The lowest BCUT2D eigenvalue weighted by Gasteiger charge is -2.28. The molecule has 2 aliphatic rings. The van der Waals surface area contributed by atoms with Crippen molar-refractivity contribution in [2.75, 3.05) is 24.8 Å². The van der Waals surface area contributed by atoms with E-state index in [4.69, 9.17) is 9.47 Å². The molecule has 0 bridgehead atoms. The molecule has 1 atom stereocenters. The van der Waals surface area contributed by atoms with Crippen LogP contribution in [0.1, 0.15) is 18.1 Å². The van der Waals surface area contributed by atoms with Gasteiger partial charge in [0.25, 0.3) is 0 Å². The van der Waals surface area contributed by atoms with E-state index in [-0.39, 0.29) is 18.4 Å². The van der Waals surface area contributed by atoms with Crippen LogP contribution >= 0.6 is 0 Å². The largest absolute Gasteiger partial charge is 0.507 e. The highest BCUT2D eigenvalue weighted by Crippen LogP contribution is 2.51. The highest BCUT2D eigenvalue weighted by atomic mass is 16.7. The molecule has 0 saturated heterocycles. The molecule has 0 aromatic heterocycles. The molecule has 2 heterocycles. The number of aromatic hydroxyl groups is 1. The highest BCUT2D eigenvalue weighted by Gasteiger charge is 2.53. The second-order valence-corrected chi connectivity index (χ2v) is 6.13. The van der Waals surface area contributed by atoms with E-state index in [1.165, 1.54) is 6.07 Å². The van der Waals surface area contributed by atoms with Crippen LogP contribution in [0.25, 0.3) is 0 Å². The summed E-state index contributed by atoms with van der Waals surface area (Å²) < 4.78 is 10.7. The van der Waals surface area contributed by atoms with Gasteiger partial charge in [-0.2, -0.15) is 0 Å². The van der Waals surface area contributed by atoms with E-state index in [0.29, 0.717) is 29.2 Å². The summed E-state index contributed by atoms with van der Waals surface area (Å²) in [4.78, 5) is 14.9. The van der Waals surface area contributed by atoms with Crippen LogP contribution in [0.3, 0.4) is 0 Å². The first-order valence-corrected chi connectivity index (χ1v) is 8.06. The van der Waals surface area contributed by atoms with Crippen LogP contribution in [0.15, 0.2) is 36.4 Å². The Morgan fingerprint density at radius 1 is 1.20 bits per heavy atom. The van der Waals surface area contributed by atoms with Gasteiger partial charge in [-0.05, 0) is 24.1 Å². The smallest absolute Gasteiger partial charge is 0.244 e. The van der Waals surface area contributed by atoms with Crippen LogP contribution in [-0.4, -0.2) is 36.1 Å². The van der Waals surface area contributed by atoms with Gasteiger partial charge in [-0.25, -0.2) is 0 Å². The number of nitrogens with zero attached hydrogens (tertiary/aromatic N) is 1. The minimum absolute atomic E-state index is 0.0613. The monoisotopic (exact) mass is 340 g/mol. The summed E-state index contributed by atoms with van der Waals surface area (Å²) >= 11 is 0. The highest BCUT2D eigenvalue weighted by molar-refractivity contribution is 6.11. The van der Waals surface area contributed by atoms with Crippen molar-refractivity contribution in [1.82, 2.24) is 0 Å². The molecule has 2 aliphatic heterocycles. The maximum absolute atomic E-state index is 13.3. The molecule has 6 nitrogen and oxygen atoms in total. The Bertz CT molecular complexity index is 850. The molecule has 0 spiro atoms. The average Bonchev–Trinajstić information content (AvgIpc) is 3.16. The fraction of sp³-hybridized carbons (Fsp3) is 0.263. The number of aliphatic hydroxyl groups is 1. The van der Waals surface area contributed by atoms with Gasteiger partial charge in [0, 0.05) is 23.9 Å². The maximum atomic E-state index is 13.3. The third-order valence-electron chi connectivity index (χ3n) is 4.82. The summed E-state index contributed by atoms with van der Waals surface area (Å²) in [5, 5.41) is 20.9. The van der Waals surface area contributed by atoms with Crippen LogP contribution in [-0.2, 0) is 10.2 Å². The number of anilines is 1. The molecule has 2 N–H and O–H groups in total. The van der Waals surface area contributed by atoms with E-state index in [1.54, 1.807) is 11.0 Å². The zero-order valence-corrected chi connectivity index (χ0v) is 13.7. The number of benzene rings is 2. The van der Waals surface area contributed by atoms with Gasteiger partial charge in [0.1, 0.15) is 11.2 Å². The van der Waals surface area contributed by atoms with Crippen molar-refractivity contribution in [1.29, 1.82) is 0 Å². The molecule has 0 saturated carbocycles. The van der Waals surface area contributed by atoms with Crippen LogP contribution in [0.5, 0.6) is 17.2 Å². The minimum atomic E-state index is -1.37. The summed E-state index contributed by atoms with van der Waals surface area (Å²) in [7, 11) is 0. The molecule has 1 unspecified atom stereocenters. The Morgan fingerprint density at radius 2 is 1.92 bits per heavy atom. The number of phenols is 1. The number of phenolic OH excluding ortho intramolecular Hbond substituents is 1. The van der Waals surface area contributed by atoms with E-state index >= 15 is 0 Å². The standard InChI is InChI=1S/C19H18NO5/c1-2-7-20-14-6-4-3-5-12(14)19(10-21,18(20)23)13-8-16-17(9-15(13)22)25-11-24-16/h2-6,8-9,21-22H,7,10-11H2,1H3. The second kappa shape index (κ2) is 5.67. The molecular formula is C19H18NO5. The summed E-state index contributed by atoms with van der Waals surface area (Å²) in [6, 6.07) is 10.3. The van der Waals surface area contributed by atoms with E-state index in [1.807, 2.05) is 37.6 Å². The predicted octanol–water partition coefficient (Wildman–Crippen LogP) is 1.97. The topological polar surface area (TPSA) is 79.2 Å². The first kappa shape index (κ1) is 15.8. The van der Waals surface area contributed by atoms with Gasteiger partial charge in [-0.1, -0.05) is 25.1 Å². The van der Waals surface area contributed by atoms with Crippen molar-refractivity contribution in [3.63, 3.8) is 0 Å². The van der Waals surface area contributed by atoms with Crippen LogP contribution in [0.2, 0.25) is 0 Å². The summed E-state index contributed by atoms with van der Waals surface area (Å²) in [5.74, 6) is 0.491. The fourth-order valence-electron chi connectivity index (χ4n) is 3.66. The number of carbonyl (C=O) groups is 1. The van der Waals surface area contributed by atoms with Crippen molar-refractivity contribution < 1.29 is 24.5 Å². The first-order chi connectivity index (χ1) is 12.1. The van der Waals surface area contributed by atoms with E-state index in [2.05, 4.69) is 0 Å². The molecule has 0 fully saturated rings. The number of hydrogen-bond acceptors (Lipinski definition) is 5. The van der Waals surface area contributed by atoms with Gasteiger partial charge in [-0.3, -0.25) is 4.79 Å². The third kappa shape index (κ3) is 2.04. The van der Waals surface area contributed by atoms with E-state index in [0.717, 1.165) is 5.69 Å². The van der Waals surface area contributed by atoms with Gasteiger partial charge in [0.15, 0.2) is 11.5 Å². The van der Waals surface area contributed by atoms with Crippen LogP contribution in [0.4, 0.5) is 5.69 Å². The average molecular weight is 340 g/mol. The Balaban J connectivity index is 1.96. The van der Waals surface area contributed by atoms with Crippen molar-refractivity contribution >= 4 is 11.6 Å². The quantitative estimate of drug-likeness (QED) is 0.890. The molecule has 1 amide bonds. The Morgan fingerprint density at radius 3 is 2.64 bits per heavy atom. The first-order valence-electron chi connectivity index (χ1n) is 8.06. The Labute approximate surface area is 145 Å². The number of fused-ring (bicyclic) bond motifs is 2. The van der Waals surface area contributed by atoms with Crippen molar-refractivity contribution in [3.8, 4) is 17.2 Å². The maximum Gasteiger partial charge on any atom is 0.244 e. The zero-order valence-electron chi connectivity index (χ0n) is 13.7. The van der Waals surface area contributed by atoms with Crippen LogP contribution < -0.4 is 14.4 Å². The Kier molecular flexibility index (Phi) is 3.58. The van der Waals surface area contributed by atoms with E-state index in [9.17, 15) is 15.0 Å². The van der Waals surface area contributed by atoms with Gasteiger partial charge in [0.2, 0.25) is 12.7 Å². The third-order valence-corrected chi connectivity index (χ3v) is 4.82. The lowest BCUT2D eigenvalue weighted by molar-refractivity contribution is -0.123. The number of amides is 1. The van der Waals surface area contributed by atoms with Crippen molar-refractivity contribution in [3.05, 3.63) is 53.9 Å². The molecule has 4 rings (SSSR count). The number of hydrogen-bond donors (Lipinski definition) is 2. The molecule has 2 aromatic carbocycles. The lowest BCUT2D eigenvalue weighted by atomic mass is 9.75. The fourth-order valence-corrected chi connectivity index (χ4v) is 3.66. The number of ether oxygens (including phenoxy) is 2. The predicted molar refractivity (Wildman–Crippen MR) is 90.9 cm³/mol. The summed E-state index contributed by atoms with van der Waals surface area (Å²) in [6.45, 7) is 1.89. The lowest BCUT2D eigenvalue weighted by Crippen LogP contribution is -2.44. The molecule has 2 aromatic rings. The van der Waals surface area contributed by atoms with Gasteiger partial charge >= 0.3 is 0 Å². The zero-order chi connectivity index (χ0) is 17.6. The number of rotatable bonds is 4. The normalized spacial score (nSPS) is 20.9. The molecule has 0 aliphatic carbocycles. The van der Waals surface area contributed by atoms with Crippen molar-refractivity contribution in [2.24, 2.45) is 0 Å². The van der Waals surface area contributed by atoms with Gasteiger partial charge in [0.05, 0.1) is 6.61 Å². The second-order valence-electron chi connectivity index (χ2n) is 6.13. The molecule has 25 heavy (non-hydrogen) atoms. The van der Waals surface area contributed by atoms with Crippen LogP contribution in [0, 0.1) is 6.42 Å². The number of para-hydroxylation sites is 1. The molecule has 6 heteroatoms. The van der Waals surface area contributed by atoms with Gasteiger partial charge in [-0.15, -0.1) is 0 Å². The summed E-state index contributed by atoms with van der Waals surface area (Å²) in [5.41, 5.74) is 0.343. The minimum Gasteiger partial charge on any atom is -0.507 e. The van der Waals surface area contributed by atoms with Crippen molar-refractivity contribution in [2.45, 2.75) is 12.3 Å². The molecule has 129 valence electrons. The van der Waals surface area contributed by atoms with E-state index < -0.39 is 12.0 Å². The molecule has 1 radical (unpaired) electrons. The Hall–Kier alpha value is -2.73. The SMILES string of the molecule is C[CH]CN1C(=O)C(CO)(c2cc3c(cc2O)OCO3)c2ccccc21. The van der Waals surface area contributed by atoms with Gasteiger partial charge < -0.3 is 24.6 Å². The number of carbonyl (C=O) groups excluding carboxylic acids is 1.